The number of allylic oxidation sites excluding steroid dienone is 2. The lowest BCUT2D eigenvalue weighted by molar-refractivity contribution is -0.384. The predicted molar refractivity (Wildman–Crippen MR) is 98.0 cm³/mol. The Balaban J connectivity index is 2.62. The first-order chi connectivity index (χ1) is 14.0. The highest BCUT2D eigenvalue weighted by Gasteiger charge is 2.39. The number of nitrogens with zero attached hydrogens (tertiary/aromatic N) is 1. The topological polar surface area (TPSA) is 108 Å². The zero-order valence-electron chi connectivity index (χ0n) is 16.3. The van der Waals surface area contributed by atoms with Gasteiger partial charge in [-0.2, -0.15) is 13.2 Å². The van der Waals surface area contributed by atoms with Crippen molar-refractivity contribution in [2.75, 3.05) is 13.2 Å². The van der Waals surface area contributed by atoms with E-state index in [-0.39, 0.29) is 34.7 Å². The molecule has 11 heteroatoms. The van der Waals surface area contributed by atoms with E-state index in [2.05, 4.69) is 10.1 Å². The molecule has 2 rings (SSSR count). The average Bonchev–Trinajstić information content (AvgIpc) is 2.65. The van der Waals surface area contributed by atoms with E-state index in [1.54, 1.807) is 6.92 Å². The Morgan fingerprint density at radius 1 is 1.13 bits per heavy atom. The molecule has 0 saturated heterocycles. The maximum Gasteiger partial charge on any atom is 0.422 e. The molecule has 0 spiro atoms. The third kappa shape index (κ3) is 5.16. The Kier molecular flexibility index (Phi) is 6.85. The van der Waals surface area contributed by atoms with E-state index < -0.39 is 35.6 Å². The number of hydrogen-bond acceptors (Lipinski definition) is 7. The molecule has 1 heterocycles. The largest absolute Gasteiger partial charge is 0.463 e. The smallest absolute Gasteiger partial charge is 0.422 e. The van der Waals surface area contributed by atoms with Crippen molar-refractivity contribution in [3.63, 3.8) is 0 Å². The molecule has 30 heavy (non-hydrogen) atoms. The number of nitro benzene ring substituents is 1. The lowest BCUT2D eigenvalue weighted by Crippen LogP contribution is -2.33. The molecule has 0 aliphatic carbocycles. The highest BCUT2D eigenvalue weighted by atomic mass is 19.4. The van der Waals surface area contributed by atoms with Gasteiger partial charge in [-0.1, -0.05) is 12.1 Å². The fraction of sp³-hybridized carbons (Fsp3) is 0.368. The molecular weight excluding hydrogens is 409 g/mol. The summed E-state index contributed by atoms with van der Waals surface area (Å²) in [5.74, 6) is -3.33. The molecule has 0 radical (unpaired) electrons. The van der Waals surface area contributed by atoms with Gasteiger partial charge in [-0.3, -0.25) is 10.1 Å². The quantitative estimate of drug-likeness (QED) is 0.420. The van der Waals surface area contributed by atoms with Crippen molar-refractivity contribution < 1.29 is 37.2 Å². The van der Waals surface area contributed by atoms with Crippen LogP contribution in [-0.4, -0.2) is 36.3 Å². The number of halogens is 3. The van der Waals surface area contributed by atoms with Gasteiger partial charge in [0.05, 0.1) is 28.6 Å². The van der Waals surface area contributed by atoms with E-state index in [0.717, 1.165) is 6.07 Å². The van der Waals surface area contributed by atoms with Gasteiger partial charge in [0.1, 0.15) is 0 Å². The van der Waals surface area contributed by atoms with Gasteiger partial charge < -0.3 is 14.8 Å². The summed E-state index contributed by atoms with van der Waals surface area (Å²) >= 11 is 0. The summed E-state index contributed by atoms with van der Waals surface area (Å²) in [7, 11) is 0. The summed E-state index contributed by atoms with van der Waals surface area (Å²) in [6.45, 7) is 2.71. The number of hydrogen-bond donors (Lipinski definition) is 1. The van der Waals surface area contributed by atoms with Crippen molar-refractivity contribution in [1.29, 1.82) is 0 Å². The summed E-state index contributed by atoms with van der Waals surface area (Å²) in [6.07, 6.45) is -4.75. The van der Waals surface area contributed by atoms with Gasteiger partial charge in [0.2, 0.25) is 0 Å². The number of nitro groups is 1. The number of non-ortho nitro benzene ring substituents is 1. The van der Waals surface area contributed by atoms with Crippen molar-refractivity contribution in [3.8, 4) is 0 Å². The lowest BCUT2D eigenvalue weighted by Gasteiger charge is -2.30. The van der Waals surface area contributed by atoms with E-state index in [9.17, 15) is 32.9 Å². The fourth-order valence-electron chi connectivity index (χ4n) is 3.12. The first-order valence-corrected chi connectivity index (χ1v) is 8.80. The van der Waals surface area contributed by atoms with Crippen molar-refractivity contribution in [3.05, 3.63) is 62.5 Å². The molecule has 1 aromatic rings. The van der Waals surface area contributed by atoms with Gasteiger partial charge in [-0.15, -0.1) is 0 Å². The minimum absolute atomic E-state index is 0.00776. The molecule has 0 bridgehead atoms. The van der Waals surface area contributed by atoms with Crippen LogP contribution in [0, 0.1) is 10.1 Å². The Labute approximate surface area is 169 Å². The average molecular weight is 428 g/mol. The Hall–Kier alpha value is -3.37. The monoisotopic (exact) mass is 428 g/mol. The zero-order chi connectivity index (χ0) is 22.6. The number of alkyl halides is 3. The van der Waals surface area contributed by atoms with Gasteiger partial charge >= 0.3 is 18.1 Å². The number of dihydropyridines is 1. The number of esters is 2. The molecule has 0 amide bonds. The van der Waals surface area contributed by atoms with Crippen LogP contribution in [0.5, 0.6) is 0 Å². The third-order valence-corrected chi connectivity index (χ3v) is 4.26. The van der Waals surface area contributed by atoms with Crippen LogP contribution in [-0.2, 0) is 19.1 Å². The molecular formula is C19H19F3N2O6. The first kappa shape index (κ1) is 22.9. The van der Waals surface area contributed by atoms with E-state index in [1.165, 1.54) is 32.0 Å². The second kappa shape index (κ2) is 8.97. The minimum atomic E-state index is -4.75. The van der Waals surface area contributed by atoms with Crippen LogP contribution in [0.25, 0.3) is 0 Å². The molecule has 0 saturated carbocycles. The standard InChI is InChI=1S/C19H19F3N2O6/c1-4-29-17(25)14-10(2)23-11(3)15(18(26)30-9-19(20,21)22)16(14)12-6-5-7-13(8-12)24(27)28/h5-8,16,23H,4,9H2,1-3H3. The van der Waals surface area contributed by atoms with Crippen molar-refractivity contribution >= 4 is 17.6 Å². The van der Waals surface area contributed by atoms with Gasteiger partial charge in [-0.25, -0.2) is 9.59 Å². The van der Waals surface area contributed by atoms with Gasteiger partial charge in [0.25, 0.3) is 5.69 Å². The molecule has 1 aliphatic heterocycles. The maximum atomic E-state index is 12.6. The van der Waals surface area contributed by atoms with Crippen molar-refractivity contribution in [2.24, 2.45) is 0 Å². The Bertz CT molecular complexity index is 936. The number of carbonyl (C=O) groups is 2. The van der Waals surface area contributed by atoms with Crippen LogP contribution in [0.1, 0.15) is 32.3 Å². The third-order valence-electron chi connectivity index (χ3n) is 4.26. The molecule has 1 unspecified atom stereocenters. The summed E-state index contributed by atoms with van der Waals surface area (Å²) in [4.78, 5) is 35.7. The number of rotatable bonds is 6. The van der Waals surface area contributed by atoms with Crippen LogP contribution in [0.15, 0.2) is 46.8 Å². The van der Waals surface area contributed by atoms with Gasteiger partial charge in [0.15, 0.2) is 6.61 Å². The number of benzene rings is 1. The summed E-state index contributed by atoms with van der Waals surface area (Å²) < 4.78 is 47.1. The number of nitrogens with one attached hydrogen (secondary N) is 1. The highest BCUT2D eigenvalue weighted by molar-refractivity contribution is 6.00. The van der Waals surface area contributed by atoms with Crippen LogP contribution < -0.4 is 5.32 Å². The maximum absolute atomic E-state index is 12.6. The van der Waals surface area contributed by atoms with Crippen LogP contribution in [0.4, 0.5) is 18.9 Å². The lowest BCUT2D eigenvalue weighted by atomic mass is 9.80. The summed E-state index contributed by atoms with van der Waals surface area (Å²) in [5.41, 5.74) is -0.0201. The molecule has 0 aromatic heterocycles. The summed E-state index contributed by atoms with van der Waals surface area (Å²) in [5, 5.41) is 13.9. The summed E-state index contributed by atoms with van der Waals surface area (Å²) in [6, 6.07) is 5.14. The van der Waals surface area contributed by atoms with Gasteiger partial charge in [-0.05, 0) is 26.3 Å². The SMILES string of the molecule is CCOC(=O)C1=C(C)NC(C)=C(C(=O)OCC(F)(F)F)C1c1cccc([N+](=O)[O-])c1. The Morgan fingerprint density at radius 2 is 1.70 bits per heavy atom. The predicted octanol–water partition coefficient (Wildman–Crippen LogP) is 3.50. The molecule has 1 N–H and O–H groups in total. The van der Waals surface area contributed by atoms with Crippen LogP contribution in [0.3, 0.4) is 0 Å². The Morgan fingerprint density at radius 3 is 2.20 bits per heavy atom. The molecule has 1 atom stereocenters. The molecule has 1 aromatic carbocycles. The van der Waals surface area contributed by atoms with E-state index in [1.807, 2.05) is 0 Å². The first-order valence-electron chi connectivity index (χ1n) is 8.80. The number of carbonyl (C=O) groups excluding carboxylic acids is 2. The van der Waals surface area contributed by atoms with E-state index in [0.29, 0.717) is 5.70 Å². The van der Waals surface area contributed by atoms with Crippen LogP contribution >= 0.6 is 0 Å². The minimum Gasteiger partial charge on any atom is -0.463 e. The molecule has 1 aliphatic rings. The molecule has 8 nitrogen and oxygen atoms in total. The van der Waals surface area contributed by atoms with Gasteiger partial charge in [0, 0.05) is 23.5 Å². The van der Waals surface area contributed by atoms with E-state index in [4.69, 9.17) is 4.74 Å². The molecule has 0 fully saturated rings. The van der Waals surface area contributed by atoms with E-state index >= 15 is 0 Å². The second-order valence-electron chi connectivity index (χ2n) is 6.40. The second-order valence-corrected chi connectivity index (χ2v) is 6.40. The highest BCUT2D eigenvalue weighted by Crippen LogP contribution is 2.40. The normalized spacial score (nSPS) is 16.8. The van der Waals surface area contributed by atoms with Crippen molar-refractivity contribution in [2.45, 2.75) is 32.9 Å². The zero-order valence-corrected chi connectivity index (χ0v) is 16.3. The van der Waals surface area contributed by atoms with Crippen molar-refractivity contribution in [1.82, 2.24) is 5.32 Å². The number of ether oxygens (including phenoxy) is 2. The van der Waals surface area contributed by atoms with Crippen LogP contribution in [0.2, 0.25) is 0 Å². The fourth-order valence-corrected chi connectivity index (χ4v) is 3.12. The molecule has 162 valence electrons.